The second-order valence-corrected chi connectivity index (χ2v) is 5.06. The number of aromatic nitrogens is 1. The Bertz CT molecular complexity index is 779. The topological polar surface area (TPSA) is 55.1 Å². The number of carbonyl (C=O) groups excluding carboxylic acids is 1. The molecule has 0 bridgehead atoms. The van der Waals surface area contributed by atoms with Crippen LogP contribution in [-0.2, 0) is 6.54 Å². The summed E-state index contributed by atoms with van der Waals surface area (Å²) in [5.41, 5.74) is 3.48. The van der Waals surface area contributed by atoms with Crippen LogP contribution in [0.2, 0.25) is 0 Å². The van der Waals surface area contributed by atoms with Crippen LogP contribution in [0.5, 0.6) is 0 Å². The summed E-state index contributed by atoms with van der Waals surface area (Å²) < 4.78 is 5.36. The van der Waals surface area contributed by atoms with Gasteiger partial charge in [0.15, 0.2) is 0 Å². The van der Waals surface area contributed by atoms with Gasteiger partial charge in [-0.2, -0.15) is 0 Å². The van der Waals surface area contributed by atoms with Crippen molar-refractivity contribution >= 4 is 5.91 Å². The van der Waals surface area contributed by atoms with Crippen LogP contribution in [0.1, 0.15) is 21.5 Å². The fourth-order valence-corrected chi connectivity index (χ4v) is 2.27. The van der Waals surface area contributed by atoms with Gasteiger partial charge in [0, 0.05) is 30.1 Å². The van der Waals surface area contributed by atoms with Crippen LogP contribution in [0, 0.1) is 6.92 Å². The normalized spacial score (nSPS) is 10.4. The molecular formula is C18H16N2O2. The van der Waals surface area contributed by atoms with Crippen molar-refractivity contribution in [3.8, 4) is 11.3 Å². The minimum Gasteiger partial charge on any atom is -0.464 e. The Kier molecular flexibility index (Phi) is 4.01. The van der Waals surface area contributed by atoms with Gasteiger partial charge in [0.25, 0.3) is 5.91 Å². The molecule has 3 aromatic rings. The molecule has 0 spiro atoms. The highest BCUT2D eigenvalue weighted by Crippen LogP contribution is 2.19. The van der Waals surface area contributed by atoms with Crippen molar-refractivity contribution in [2.45, 2.75) is 13.5 Å². The van der Waals surface area contributed by atoms with Crippen molar-refractivity contribution in [2.24, 2.45) is 0 Å². The Hall–Kier alpha value is -2.88. The molecule has 0 saturated carbocycles. The van der Waals surface area contributed by atoms with E-state index < -0.39 is 0 Å². The van der Waals surface area contributed by atoms with Crippen molar-refractivity contribution in [1.29, 1.82) is 0 Å². The van der Waals surface area contributed by atoms with Crippen LogP contribution in [0.3, 0.4) is 0 Å². The summed E-state index contributed by atoms with van der Waals surface area (Å²) in [6.45, 7) is 2.35. The number of furan rings is 1. The lowest BCUT2D eigenvalue weighted by atomic mass is 10.1. The Morgan fingerprint density at radius 1 is 1.18 bits per heavy atom. The predicted octanol–water partition coefficient (Wildman–Crippen LogP) is 3.58. The molecule has 1 aromatic carbocycles. The number of nitrogens with one attached hydrogen (secondary N) is 1. The van der Waals surface area contributed by atoms with Crippen molar-refractivity contribution in [3.05, 3.63) is 77.8 Å². The van der Waals surface area contributed by atoms with E-state index in [1.54, 1.807) is 18.7 Å². The predicted molar refractivity (Wildman–Crippen MR) is 84.3 cm³/mol. The standard InChI is InChI=1S/C18H16N2O2/c1-13-5-2-3-6-16(13)18(21)20-11-14-9-15(12-19-10-14)17-7-4-8-22-17/h2-10,12H,11H2,1H3,(H,20,21). The summed E-state index contributed by atoms with van der Waals surface area (Å²) in [6.07, 6.45) is 5.11. The molecule has 0 aliphatic rings. The quantitative estimate of drug-likeness (QED) is 0.799. The van der Waals surface area contributed by atoms with E-state index >= 15 is 0 Å². The molecular weight excluding hydrogens is 276 g/mol. The minimum absolute atomic E-state index is 0.0819. The largest absolute Gasteiger partial charge is 0.464 e. The molecule has 2 aromatic heterocycles. The molecule has 110 valence electrons. The molecule has 22 heavy (non-hydrogen) atoms. The van der Waals surface area contributed by atoms with Gasteiger partial charge in [-0.15, -0.1) is 0 Å². The highest BCUT2D eigenvalue weighted by atomic mass is 16.3. The first-order valence-electron chi connectivity index (χ1n) is 7.05. The van der Waals surface area contributed by atoms with Gasteiger partial charge in [-0.25, -0.2) is 0 Å². The summed E-state index contributed by atoms with van der Waals surface area (Å²) in [4.78, 5) is 16.4. The van der Waals surface area contributed by atoms with Crippen LogP contribution < -0.4 is 5.32 Å². The van der Waals surface area contributed by atoms with Crippen LogP contribution in [-0.4, -0.2) is 10.9 Å². The van der Waals surface area contributed by atoms with E-state index in [9.17, 15) is 4.79 Å². The van der Waals surface area contributed by atoms with E-state index in [1.807, 2.05) is 49.4 Å². The molecule has 0 saturated heterocycles. The zero-order valence-electron chi connectivity index (χ0n) is 12.2. The lowest BCUT2D eigenvalue weighted by Crippen LogP contribution is -2.23. The smallest absolute Gasteiger partial charge is 0.251 e. The highest BCUT2D eigenvalue weighted by molar-refractivity contribution is 5.95. The lowest BCUT2D eigenvalue weighted by Gasteiger charge is -2.08. The molecule has 3 rings (SSSR count). The monoisotopic (exact) mass is 292 g/mol. The van der Waals surface area contributed by atoms with Crippen molar-refractivity contribution in [3.63, 3.8) is 0 Å². The van der Waals surface area contributed by atoms with E-state index in [-0.39, 0.29) is 5.91 Å². The van der Waals surface area contributed by atoms with E-state index in [2.05, 4.69) is 10.3 Å². The average molecular weight is 292 g/mol. The molecule has 0 aliphatic carbocycles. The molecule has 4 heteroatoms. The minimum atomic E-state index is -0.0819. The number of benzene rings is 1. The molecule has 0 radical (unpaired) electrons. The maximum absolute atomic E-state index is 12.2. The summed E-state index contributed by atoms with van der Waals surface area (Å²) in [5, 5.41) is 2.92. The molecule has 0 aliphatic heterocycles. The number of hydrogen-bond donors (Lipinski definition) is 1. The Labute approximate surface area is 128 Å². The van der Waals surface area contributed by atoms with Gasteiger partial charge >= 0.3 is 0 Å². The van der Waals surface area contributed by atoms with Gasteiger partial charge in [0.05, 0.1) is 6.26 Å². The van der Waals surface area contributed by atoms with Gasteiger partial charge in [-0.1, -0.05) is 18.2 Å². The van der Waals surface area contributed by atoms with Crippen LogP contribution in [0.4, 0.5) is 0 Å². The third-order valence-electron chi connectivity index (χ3n) is 3.44. The Balaban J connectivity index is 1.71. The lowest BCUT2D eigenvalue weighted by molar-refractivity contribution is 0.0950. The van der Waals surface area contributed by atoms with Gasteiger partial charge in [-0.3, -0.25) is 9.78 Å². The number of amides is 1. The number of pyridine rings is 1. The molecule has 0 unspecified atom stereocenters. The Morgan fingerprint density at radius 3 is 2.82 bits per heavy atom. The summed E-state index contributed by atoms with van der Waals surface area (Å²) >= 11 is 0. The van der Waals surface area contributed by atoms with Gasteiger partial charge in [-0.05, 0) is 42.3 Å². The first kappa shape index (κ1) is 14.1. The van der Waals surface area contributed by atoms with Crippen LogP contribution in [0.25, 0.3) is 11.3 Å². The second-order valence-electron chi connectivity index (χ2n) is 5.06. The average Bonchev–Trinajstić information content (AvgIpc) is 3.08. The van der Waals surface area contributed by atoms with Crippen molar-refractivity contribution in [2.75, 3.05) is 0 Å². The molecule has 1 amide bonds. The van der Waals surface area contributed by atoms with E-state index in [4.69, 9.17) is 4.42 Å². The first-order chi connectivity index (χ1) is 10.7. The zero-order valence-corrected chi connectivity index (χ0v) is 12.2. The SMILES string of the molecule is Cc1ccccc1C(=O)NCc1cncc(-c2ccco2)c1. The molecule has 0 fully saturated rings. The summed E-state index contributed by atoms with van der Waals surface area (Å²) in [7, 11) is 0. The van der Waals surface area contributed by atoms with Crippen LogP contribution >= 0.6 is 0 Å². The molecule has 0 atom stereocenters. The second kappa shape index (κ2) is 6.26. The fraction of sp³-hybridized carbons (Fsp3) is 0.111. The van der Waals surface area contributed by atoms with Gasteiger partial charge in [0.2, 0.25) is 0 Å². The van der Waals surface area contributed by atoms with Gasteiger partial charge in [0.1, 0.15) is 5.76 Å². The van der Waals surface area contributed by atoms with E-state index in [0.717, 1.165) is 22.5 Å². The van der Waals surface area contributed by atoms with Crippen LogP contribution in [0.15, 0.2) is 65.5 Å². The van der Waals surface area contributed by atoms with Crippen molar-refractivity contribution < 1.29 is 9.21 Å². The molecule has 2 heterocycles. The number of rotatable bonds is 4. The number of carbonyl (C=O) groups is 1. The van der Waals surface area contributed by atoms with Crippen molar-refractivity contribution in [1.82, 2.24) is 10.3 Å². The van der Waals surface area contributed by atoms with E-state index in [1.165, 1.54) is 0 Å². The fourth-order valence-electron chi connectivity index (χ4n) is 2.27. The third-order valence-corrected chi connectivity index (χ3v) is 3.44. The third kappa shape index (κ3) is 3.06. The number of nitrogens with zero attached hydrogens (tertiary/aromatic N) is 1. The summed E-state index contributed by atoms with van der Waals surface area (Å²) in [5.74, 6) is 0.682. The number of hydrogen-bond acceptors (Lipinski definition) is 3. The maximum atomic E-state index is 12.2. The first-order valence-corrected chi connectivity index (χ1v) is 7.05. The summed E-state index contributed by atoms with van der Waals surface area (Å²) in [6, 6.07) is 13.2. The van der Waals surface area contributed by atoms with Gasteiger partial charge < -0.3 is 9.73 Å². The molecule has 4 nitrogen and oxygen atoms in total. The number of aryl methyl sites for hydroxylation is 1. The van der Waals surface area contributed by atoms with E-state index in [0.29, 0.717) is 12.1 Å². The maximum Gasteiger partial charge on any atom is 0.251 e. The molecule has 1 N–H and O–H groups in total. The highest BCUT2D eigenvalue weighted by Gasteiger charge is 2.08. The Morgan fingerprint density at radius 2 is 2.05 bits per heavy atom. The zero-order chi connectivity index (χ0) is 15.4.